The fourth-order valence-corrected chi connectivity index (χ4v) is 9.07. The molecule has 0 aromatic carbocycles. The number of carbonyl (C=O) groups excluding carboxylic acids is 1. The van der Waals surface area contributed by atoms with E-state index in [1.807, 2.05) is 0 Å². The zero-order valence-corrected chi connectivity index (χ0v) is 15.6. The van der Waals surface area contributed by atoms with Crippen molar-refractivity contribution in [1.29, 1.82) is 0 Å². The van der Waals surface area contributed by atoms with Crippen LogP contribution in [0.5, 0.6) is 0 Å². The largest absolute Gasteiger partial charge is 0.361 e. The average molecular weight is 341 g/mol. The minimum absolute atomic E-state index is 0.0797. The van der Waals surface area contributed by atoms with E-state index in [1.165, 1.54) is 45.1 Å². The third-order valence-corrected chi connectivity index (χ3v) is 9.70. The van der Waals surface area contributed by atoms with Gasteiger partial charge in [-0.2, -0.15) is 0 Å². The van der Waals surface area contributed by atoms with Crippen LogP contribution < -0.4 is 0 Å². The van der Waals surface area contributed by atoms with E-state index in [1.54, 1.807) is 0 Å². The summed E-state index contributed by atoms with van der Waals surface area (Å²) >= 11 is 0. The molecular weight excluding hydrogens is 310 g/mol. The van der Waals surface area contributed by atoms with Gasteiger partial charge in [0.2, 0.25) is 0 Å². The molecule has 6 fully saturated rings. The van der Waals surface area contributed by atoms with E-state index in [0.717, 1.165) is 37.5 Å². The Morgan fingerprint density at radius 1 is 1.16 bits per heavy atom. The van der Waals surface area contributed by atoms with Crippen molar-refractivity contribution < 1.29 is 9.53 Å². The molecule has 6 rings (SSSR count). The molecule has 0 amide bonds. The minimum atomic E-state index is -0.0797. The van der Waals surface area contributed by atoms with E-state index in [2.05, 4.69) is 18.4 Å². The van der Waals surface area contributed by atoms with Crippen molar-refractivity contribution in [2.75, 3.05) is 19.7 Å². The van der Waals surface area contributed by atoms with Crippen molar-refractivity contribution >= 4 is 5.78 Å². The maximum Gasteiger partial charge on any atom is 0.165 e. The van der Waals surface area contributed by atoms with Gasteiger partial charge in [0, 0.05) is 23.9 Å². The van der Waals surface area contributed by atoms with Gasteiger partial charge in [-0.3, -0.25) is 9.69 Å². The molecule has 1 spiro atoms. The molecule has 4 saturated carbocycles. The maximum atomic E-state index is 13.4. The summed E-state index contributed by atoms with van der Waals surface area (Å²) in [5, 5.41) is 0. The molecular formula is C22H31NO2. The van der Waals surface area contributed by atoms with Crippen LogP contribution in [0.4, 0.5) is 0 Å². The van der Waals surface area contributed by atoms with Crippen LogP contribution in [0.15, 0.2) is 12.2 Å². The normalized spacial score (nSPS) is 57.2. The summed E-state index contributed by atoms with van der Waals surface area (Å²) in [5.74, 6) is 2.22. The average Bonchev–Trinajstić information content (AvgIpc) is 3.12. The van der Waals surface area contributed by atoms with Crippen LogP contribution in [0.3, 0.4) is 0 Å². The van der Waals surface area contributed by atoms with Gasteiger partial charge in [-0.1, -0.05) is 19.9 Å². The predicted molar refractivity (Wildman–Crippen MR) is 95.8 cm³/mol. The van der Waals surface area contributed by atoms with Gasteiger partial charge in [0.15, 0.2) is 5.78 Å². The second-order valence-electron chi connectivity index (χ2n) is 10.4. The van der Waals surface area contributed by atoms with Crippen LogP contribution in [0.25, 0.3) is 0 Å². The van der Waals surface area contributed by atoms with Gasteiger partial charge in [-0.15, -0.1) is 0 Å². The van der Waals surface area contributed by atoms with E-state index in [9.17, 15) is 4.79 Å². The van der Waals surface area contributed by atoms with Gasteiger partial charge >= 0.3 is 0 Å². The molecule has 4 bridgehead atoms. The lowest BCUT2D eigenvalue weighted by atomic mass is 9.38. The smallest absolute Gasteiger partial charge is 0.165 e. The summed E-state index contributed by atoms with van der Waals surface area (Å²) < 4.78 is 6.45. The lowest BCUT2D eigenvalue weighted by Crippen LogP contribution is -2.71. The Kier molecular flexibility index (Phi) is 2.83. The lowest BCUT2D eigenvalue weighted by Gasteiger charge is -2.70. The van der Waals surface area contributed by atoms with Crippen molar-refractivity contribution in [2.24, 2.45) is 34.0 Å². The van der Waals surface area contributed by atoms with Crippen molar-refractivity contribution in [2.45, 2.75) is 64.5 Å². The van der Waals surface area contributed by atoms with Gasteiger partial charge in [0.1, 0.15) is 6.23 Å². The summed E-state index contributed by atoms with van der Waals surface area (Å²) in [6.07, 6.45) is 10.2. The number of ether oxygens (including phenoxy) is 1. The summed E-state index contributed by atoms with van der Waals surface area (Å²) in [7, 11) is 0. The fourth-order valence-electron chi connectivity index (χ4n) is 9.07. The van der Waals surface area contributed by atoms with Crippen LogP contribution >= 0.6 is 0 Å². The van der Waals surface area contributed by atoms with Gasteiger partial charge in [0.05, 0.1) is 6.61 Å². The zero-order valence-electron chi connectivity index (χ0n) is 15.6. The van der Waals surface area contributed by atoms with Gasteiger partial charge in [-0.05, 0) is 73.7 Å². The first-order chi connectivity index (χ1) is 12.0. The Balaban J connectivity index is 1.54. The van der Waals surface area contributed by atoms with Crippen molar-refractivity contribution in [3.05, 3.63) is 12.2 Å². The number of carbonyl (C=O) groups is 1. The third-order valence-electron chi connectivity index (χ3n) is 9.70. The number of hydrogen-bond donors (Lipinski definition) is 0. The van der Waals surface area contributed by atoms with Crippen LogP contribution in [0.1, 0.15) is 58.3 Å². The monoisotopic (exact) mass is 341 g/mol. The summed E-state index contributed by atoms with van der Waals surface area (Å²) in [5.41, 5.74) is 1.55. The number of piperidine rings is 1. The highest BCUT2D eigenvalue weighted by Gasteiger charge is 2.73. The first-order valence-corrected chi connectivity index (χ1v) is 10.6. The van der Waals surface area contributed by atoms with Crippen molar-refractivity contribution in [1.82, 2.24) is 4.90 Å². The predicted octanol–water partition coefficient (Wildman–Crippen LogP) is 3.79. The molecule has 7 atom stereocenters. The zero-order chi connectivity index (χ0) is 17.0. The number of fused-ring (bicyclic) bond motifs is 2. The quantitative estimate of drug-likeness (QED) is 0.628. The summed E-state index contributed by atoms with van der Waals surface area (Å²) in [4.78, 5) is 16.1. The number of hydrogen-bond acceptors (Lipinski definition) is 3. The molecule has 3 heteroatoms. The van der Waals surface area contributed by atoms with E-state index in [-0.39, 0.29) is 17.1 Å². The molecule has 4 aliphatic carbocycles. The molecule has 136 valence electrons. The van der Waals surface area contributed by atoms with E-state index < -0.39 is 0 Å². The Morgan fingerprint density at radius 3 is 2.92 bits per heavy atom. The highest BCUT2D eigenvalue weighted by molar-refractivity contribution is 6.03. The fraction of sp³-hybridized carbons (Fsp3) is 0.864. The number of allylic oxidation sites excluding steroid dienone is 1. The Hall–Kier alpha value is -0.670. The first kappa shape index (κ1) is 15.4. The molecule has 0 unspecified atom stereocenters. The molecule has 2 heterocycles. The second kappa shape index (κ2) is 4.59. The highest BCUT2D eigenvalue weighted by atomic mass is 16.5. The number of rotatable bonds is 0. The number of Topliss-reactive ketones (excluding diaryl/α,β-unsaturated/α-hetero) is 1. The molecule has 6 aliphatic rings. The first-order valence-electron chi connectivity index (χ1n) is 10.6. The van der Waals surface area contributed by atoms with Crippen molar-refractivity contribution in [3.63, 3.8) is 0 Å². The molecule has 0 N–H and O–H groups in total. The van der Waals surface area contributed by atoms with Crippen LogP contribution in [0, 0.1) is 34.0 Å². The molecule has 0 aromatic heterocycles. The number of ketones is 1. The number of nitrogens with zero attached hydrogens (tertiary/aromatic N) is 1. The van der Waals surface area contributed by atoms with Crippen molar-refractivity contribution in [3.8, 4) is 0 Å². The van der Waals surface area contributed by atoms with Gasteiger partial charge in [-0.25, -0.2) is 0 Å². The SMILES string of the molecule is C=C1C(=O)[C@@]23CC[C@@H]4[C@@]5(C)CCC[C@@]4([C@@H]4OCCN4C5)[C@@H]2CC[C@@H]1C3. The van der Waals surface area contributed by atoms with E-state index in [0.29, 0.717) is 23.0 Å². The Morgan fingerprint density at radius 2 is 2.04 bits per heavy atom. The minimum Gasteiger partial charge on any atom is -0.361 e. The standard InChI is InChI=1S/C22H31NO2/c1-14-15-4-5-17-21(12-15,18(14)24)9-6-16-20(2)7-3-8-22(16,17)19-23(13-20)10-11-25-19/h15-17,19H,1,3-13H2,2H3/t15-,16-,17-,19+,20+,21-,22+/m1/s1. The van der Waals surface area contributed by atoms with Crippen LogP contribution in [0.2, 0.25) is 0 Å². The lowest BCUT2D eigenvalue weighted by molar-refractivity contribution is -0.265. The third kappa shape index (κ3) is 1.57. The molecule has 2 saturated heterocycles. The summed E-state index contributed by atoms with van der Waals surface area (Å²) in [6.45, 7) is 9.99. The molecule has 2 aliphatic heterocycles. The Bertz CT molecular complexity index is 673. The molecule has 3 nitrogen and oxygen atoms in total. The van der Waals surface area contributed by atoms with Crippen LogP contribution in [-0.2, 0) is 9.53 Å². The maximum absolute atomic E-state index is 13.4. The topological polar surface area (TPSA) is 29.5 Å². The second-order valence-corrected chi connectivity index (χ2v) is 10.4. The summed E-state index contributed by atoms with van der Waals surface area (Å²) in [6, 6.07) is 0. The molecule has 0 radical (unpaired) electrons. The Labute approximate surface area is 151 Å². The van der Waals surface area contributed by atoms with Crippen LogP contribution in [-0.4, -0.2) is 36.6 Å². The molecule has 0 aromatic rings. The van der Waals surface area contributed by atoms with Gasteiger partial charge < -0.3 is 4.74 Å². The highest BCUT2D eigenvalue weighted by Crippen LogP contribution is 2.74. The van der Waals surface area contributed by atoms with Gasteiger partial charge in [0.25, 0.3) is 0 Å². The molecule has 25 heavy (non-hydrogen) atoms. The van der Waals surface area contributed by atoms with E-state index >= 15 is 0 Å². The van der Waals surface area contributed by atoms with E-state index in [4.69, 9.17) is 4.74 Å².